The predicted molar refractivity (Wildman–Crippen MR) is 74.5 cm³/mol. The molecule has 0 aliphatic rings. The summed E-state index contributed by atoms with van der Waals surface area (Å²) in [5, 5.41) is 0. The molecular weight excluding hydrogens is 222 g/mol. The maximum Gasteiger partial charge on any atom is 0.338 e. The molecule has 0 N–H and O–H groups in total. The number of hydrogen-bond donors (Lipinski definition) is 0. The third kappa shape index (κ3) is 12.5. The zero-order valence-corrected chi connectivity index (χ0v) is 12.3. The summed E-state index contributed by atoms with van der Waals surface area (Å²) in [6.07, 6.45) is 13.3. The molecular formula is C12H27OP2+. The zero-order chi connectivity index (χ0) is 11.4. The van der Waals surface area contributed by atoms with Gasteiger partial charge < -0.3 is 0 Å². The molecule has 2 atom stereocenters. The summed E-state index contributed by atoms with van der Waals surface area (Å²) in [6, 6.07) is 0. The van der Waals surface area contributed by atoms with Crippen molar-refractivity contribution >= 4 is 17.0 Å². The van der Waals surface area contributed by atoms with Gasteiger partial charge in [0.05, 0.1) is 0 Å². The third-order valence-electron chi connectivity index (χ3n) is 2.62. The quantitative estimate of drug-likeness (QED) is 0.378. The summed E-state index contributed by atoms with van der Waals surface area (Å²) in [7, 11) is 1.85. The van der Waals surface area contributed by atoms with E-state index >= 15 is 0 Å². The van der Waals surface area contributed by atoms with Gasteiger partial charge in [0.25, 0.3) is 0 Å². The molecule has 0 aromatic rings. The van der Waals surface area contributed by atoms with Crippen LogP contribution in [0.2, 0.25) is 0 Å². The highest BCUT2D eigenvalue weighted by atomic mass is 31.1. The standard InChI is InChI=1S/C12H27OP2/c1-2-3-4-5-6-8-11-15(13)12-9-7-10-14/h2-12,14H2,1H3/q+1. The fourth-order valence-electron chi connectivity index (χ4n) is 1.61. The molecule has 0 aliphatic carbocycles. The average Bonchev–Trinajstić information content (AvgIpc) is 2.23. The highest BCUT2D eigenvalue weighted by Crippen LogP contribution is 2.24. The van der Waals surface area contributed by atoms with Crippen LogP contribution < -0.4 is 0 Å². The van der Waals surface area contributed by atoms with Crippen LogP contribution in [0, 0.1) is 0 Å². The molecule has 15 heavy (non-hydrogen) atoms. The molecule has 0 heterocycles. The first-order valence-electron chi connectivity index (χ1n) is 6.43. The lowest BCUT2D eigenvalue weighted by Crippen LogP contribution is -1.86. The second kappa shape index (κ2) is 12.6. The minimum atomic E-state index is -0.876. The van der Waals surface area contributed by atoms with Crippen molar-refractivity contribution in [2.75, 3.05) is 18.5 Å². The van der Waals surface area contributed by atoms with Gasteiger partial charge in [-0.25, -0.2) is 0 Å². The largest absolute Gasteiger partial charge is 0.338 e. The minimum absolute atomic E-state index is 0.876. The third-order valence-corrected chi connectivity index (χ3v) is 4.66. The lowest BCUT2D eigenvalue weighted by Gasteiger charge is -1.96. The fraction of sp³-hybridized carbons (Fsp3) is 1.00. The van der Waals surface area contributed by atoms with Gasteiger partial charge in [-0.15, -0.1) is 9.24 Å². The summed E-state index contributed by atoms with van der Waals surface area (Å²) in [6.45, 7) is 2.24. The molecule has 0 radical (unpaired) electrons. The van der Waals surface area contributed by atoms with Gasteiger partial charge >= 0.3 is 7.80 Å². The lowest BCUT2D eigenvalue weighted by molar-refractivity contribution is 0.579. The topological polar surface area (TPSA) is 17.1 Å². The van der Waals surface area contributed by atoms with Crippen molar-refractivity contribution in [1.82, 2.24) is 0 Å². The van der Waals surface area contributed by atoms with Gasteiger partial charge in [0, 0.05) is 0 Å². The SMILES string of the molecule is CCCCCCCC[P+](=O)CCCCP. The molecule has 0 saturated heterocycles. The second-order valence-corrected chi connectivity index (χ2v) is 6.63. The zero-order valence-electron chi connectivity index (χ0n) is 10.2. The molecule has 1 nitrogen and oxygen atoms in total. The Labute approximate surface area is 98.8 Å². The first kappa shape index (κ1) is 15.5. The summed E-state index contributed by atoms with van der Waals surface area (Å²) >= 11 is 0. The van der Waals surface area contributed by atoms with Gasteiger partial charge in [-0.05, 0) is 31.8 Å². The van der Waals surface area contributed by atoms with Crippen molar-refractivity contribution in [1.29, 1.82) is 0 Å². The number of hydrogen-bond acceptors (Lipinski definition) is 1. The van der Waals surface area contributed by atoms with Crippen LogP contribution in [0.4, 0.5) is 0 Å². The van der Waals surface area contributed by atoms with Crippen molar-refractivity contribution in [2.24, 2.45) is 0 Å². The van der Waals surface area contributed by atoms with E-state index in [9.17, 15) is 4.57 Å². The van der Waals surface area contributed by atoms with E-state index in [0.717, 1.165) is 24.9 Å². The Morgan fingerprint density at radius 1 is 0.867 bits per heavy atom. The smallest absolute Gasteiger partial charge is 0.138 e. The van der Waals surface area contributed by atoms with Crippen LogP contribution in [0.25, 0.3) is 0 Å². The molecule has 0 bridgehead atoms. The van der Waals surface area contributed by atoms with Crippen LogP contribution >= 0.6 is 17.0 Å². The van der Waals surface area contributed by atoms with Gasteiger partial charge in [-0.3, -0.25) is 0 Å². The van der Waals surface area contributed by atoms with E-state index in [1.54, 1.807) is 0 Å². The Morgan fingerprint density at radius 2 is 1.40 bits per heavy atom. The number of unbranched alkanes of at least 4 members (excludes halogenated alkanes) is 6. The molecule has 0 aromatic heterocycles. The van der Waals surface area contributed by atoms with Gasteiger partial charge in [-0.2, -0.15) is 0 Å². The fourth-order valence-corrected chi connectivity index (χ4v) is 3.28. The Kier molecular flexibility index (Phi) is 13.0. The molecule has 3 heteroatoms. The van der Waals surface area contributed by atoms with Crippen molar-refractivity contribution < 1.29 is 4.57 Å². The predicted octanol–water partition coefficient (Wildman–Crippen LogP) is 4.83. The van der Waals surface area contributed by atoms with E-state index in [0.29, 0.717) is 0 Å². The van der Waals surface area contributed by atoms with Crippen molar-refractivity contribution in [2.45, 2.75) is 58.3 Å². The Morgan fingerprint density at radius 3 is 2.00 bits per heavy atom. The normalized spacial score (nSPS) is 11.7. The van der Waals surface area contributed by atoms with Crippen molar-refractivity contribution in [3.63, 3.8) is 0 Å². The van der Waals surface area contributed by atoms with Gasteiger partial charge in [0.2, 0.25) is 0 Å². The number of rotatable bonds is 11. The molecule has 0 fully saturated rings. The van der Waals surface area contributed by atoms with E-state index < -0.39 is 7.80 Å². The molecule has 90 valence electrons. The maximum atomic E-state index is 11.5. The van der Waals surface area contributed by atoms with Crippen LogP contribution in [-0.4, -0.2) is 18.5 Å². The van der Waals surface area contributed by atoms with E-state index in [2.05, 4.69) is 16.2 Å². The lowest BCUT2D eigenvalue weighted by atomic mass is 10.1. The van der Waals surface area contributed by atoms with Gasteiger partial charge in [0.1, 0.15) is 12.3 Å². The average molecular weight is 249 g/mol. The molecule has 0 spiro atoms. The van der Waals surface area contributed by atoms with Crippen molar-refractivity contribution in [3.8, 4) is 0 Å². The van der Waals surface area contributed by atoms with E-state index in [1.165, 1.54) is 44.9 Å². The monoisotopic (exact) mass is 249 g/mol. The van der Waals surface area contributed by atoms with E-state index in [4.69, 9.17) is 0 Å². The second-order valence-electron chi connectivity index (χ2n) is 4.19. The molecule has 0 amide bonds. The van der Waals surface area contributed by atoms with Gasteiger partial charge in [-0.1, -0.05) is 37.2 Å². The van der Waals surface area contributed by atoms with Crippen LogP contribution in [0.3, 0.4) is 0 Å². The molecule has 0 saturated carbocycles. The molecule has 2 unspecified atom stereocenters. The van der Waals surface area contributed by atoms with E-state index in [-0.39, 0.29) is 0 Å². The summed E-state index contributed by atoms with van der Waals surface area (Å²) in [4.78, 5) is 0. The summed E-state index contributed by atoms with van der Waals surface area (Å²) < 4.78 is 11.5. The first-order valence-corrected chi connectivity index (χ1v) is 8.88. The molecule has 0 aliphatic heterocycles. The van der Waals surface area contributed by atoms with Crippen LogP contribution in [0.15, 0.2) is 0 Å². The van der Waals surface area contributed by atoms with Gasteiger partial charge in [0.15, 0.2) is 0 Å². The van der Waals surface area contributed by atoms with Crippen LogP contribution in [0.5, 0.6) is 0 Å². The Bertz CT molecular complexity index is 149. The van der Waals surface area contributed by atoms with E-state index in [1.807, 2.05) is 0 Å². The molecule has 0 aromatic carbocycles. The van der Waals surface area contributed by atoms with Crippen LogP contribution in [-0.2, 0) is 4.57 Å². The minimum Gasteiger partial charge on any atom is -0.138 e. The van der Waals surface area contributed by atoms with Crippen LogP contribution in [0.1, 0.15) is 58.3 Å². The van der Waals surface area contributed by atoms with Crippen molar-refractivity contribution in [3.05, 3.63) is 0 Å². The maximum absolute atomic E-state index is 11.5. The Hall–Kier alpha value is 0.530. The highest BCUT2D eigenvalue weighted by Gasteiger charge is 2.12. The first-order chi connectivity index (χ1) is 7.31. The summed E-state index contributed by atoms with van der Waals surface area (Å²) in [5.41, 5.74) is 0. The summed E-state index contributed by atoms with van der Waals surface area (Å²) in [5.74, 6) is 0. The highest BCUT2D eigenvalue weighted by molar-refractivity contribution is 7.44. The molecule has 0 rings (SSSR count). The Balaban J connectivity index is 3.10.